The Kier molecular flexibility index (Phi) is 9.36. The van der Waals surface area contributed by atoms with E-state index in [-0.39, 0.29) is 30.3 Å². The molecule has 1 aromatic rings. The molecule has 1 aromatic carbocycles. The molecule has 0 unspecified atom stereocenters. The SMILES string of the molecule is C=CCOc1ccc(C(F)(F)F)cc1C(=O)NCCCNC.Cl. The van der Waals surface area contributed by atoms with Gasteiger partial charge in [0.15, 0.2) is 0 Å². The van der Waals surface area contributed by atoms with Crippen LogP contribution in [0.4, 0.5) is 13.2 Å². The van der Waals surface area contributed by atoms with Crippen LogP contribution >= 0.6 is 12.4 Å². The van der Waals surface area contributed by atoms with Crippen LogP contribution in [-0.4, -0.2) is 32.7 Å². The van der Waals surface area contributed by atoms with E-state index in [9.17, 15) is 18.0 Å². The molecule has 0 spiro atoms. The van der Waals surface area contributed by atoms with Crippen molar-refractivity contribution in [3.05, 3.63) is 42.0 Å². The van der Waals surface area contributed by atoms with Gasteiger partial charge in [0.2, 0.25) is 0 Å². The highest BCUT2D eigenvalue weighted by Gasteiger charge is 2.32. The summed E-state index contributed by atoms with van der Waals surface area (Å²) in [6.45, 7) is 4.62. The van der Waals surface area contributed by atoms with Gasteiger partial charge in [-0.2, -0.15) is 13.2 Å². The van der Waals surface area contributed by atoms with Gasteiger partial charge in [-0.1, -0.05) is 12.7 Å². The molecule has 0 saturated carbocycles. The van der Waals surface area contributed by atoms with E-state index in [0.29, 0.717) is 19.5 Å². The molecule has 0 atom stereocenters. The summed E-state index contributed by atoms with van der Waals surface area (Å²) in [5, 5.41) is 5.49. The quantitative estimate of drug-likeness (QED) is 0.558. The zero-order valence-electron chi connectivity index (χ0n) is 12.7. The Balaban J connectivity index is 0.00000484. The number of ether oxygens (including phenoxy) is 1. The predicted octanol–water partition coefficient (Wildman–Crippen LogP) is 3.03. The third kappa shape index (κ3) is 6.92. The zero-order chi connectivity index (χ0) is 16.6. The number of hydrogen-bond donors (Lipinski definition) is 2. The number of hydrogen-bond acceptors (Lipinski definition) is 3. The van der Waals surface area contributed by atoms with Crippen molar-refractivity contribution in [2.75, 3.05) is 26.7 Å². The Hall–Kier alpha value is -1.73. The highest BCUT2D eigenvalue weighted by molar-refractivity contribution is 5.97. The second kappa shape index (κ2) is 10.1. The van der Waals surface area contributed by atoms with E-state index in [2.05, 4.69) is 17.2 Å². The summed E-state index contributed by atoms with van der Waals surface area (Å²) < 4.78 is 43.6. The Morgan fingerprint density at radius 2 is 2.04 bits per heavy atom. The Morgan fingerprint density at radius 1 is 1.35 bits per heavy atom. The van der Waals surface area contributed by atoms with E-state index in [0.717, 1.165) is 18.2 Å². The molecular weight excluding hydrogens is 333 g/mol. The fraction of sp³-hybridized carbons (Fsp3) is 0.400. The largest absolute Gasteiger partial charge is 0.489 e. The lowest BCUT2D eigenvalue weighted by molar-refractivity contribution is -0.137. The molecule has 0 aliphatic carbocycles. The first kappa shape index (κ1) is 21.3. The van der Waals surface area contributed by atoms with Gasteiger partial charge < -0.3 is 15.4 Å². The molecule has 0 fully saturated rings. The molecule has 130 valence electrons. The minimum Gasteiger partial charge on any atom is -0.489 e. The standard InChI is InChI=1S/C15H19F3N2O2.ClH/c1-3-9-22-13-6-5-11(15(16,17)18)10-12(13)14(21)20-8-4-7-19-2;/h3,5-6,10,19H,1,4,7-9H2,2H3,(H,20,21);1H. The molecule has 0 aromatic heterocycles. The summed E-state index contributed by atoms with van der Waals surface area (Å²) in [6.07, 6.45) is -2.39. The van der Waals surface area contributed by atoms with Gasteiger partial charge in [-0.3, -0.25) is 4.79 Å². The monoisotopic (exact) mass is 352 g/mol. The molecule has 1 rings (SSSR count). The van der Waals surface area contributed by atoms with Gasteiger partial charge in [0.1, 0.15) is 12.4 Å². The average Bonchev–Trinajstić information content (AvgIpc) is 2.48. The molecule has 2 N–H and O–H groups in total. The predicted molar refractivity (Wildman–Crippen MR) is 85.3 cm³/mol. The maximum absolute atomic E-state index is 12.8. The molecular formula is C15H20ClF3N2O2. The van der Waals surface area contributed by atoms with Crippen molar-refractivity contribution >= 4 is 18.3 Å². The van der Waals surface area contributed by atoms with Crippen LogP contribution in [0.3, 0.4) is 0 Å². The van der Waals surface area contributed by atoms with Crippen LogP contribution in [0.15, 0.2) is 30.9 Å². The number of amides is 1. The number of alkyl halides is 3. The fourth-order valence-electron chi connectivity index (χ4n) is 1.72. The second-order valence-corrected chi connectivity index (χ2v) is 4.52. The normalized spacial score (nSPS) is 10.6. The smallest absolute Gasteiger partial charge is 0.416 e. The maximum atomic E-state index is 12.8. The van der Waals surface area contributed by atoms with Crippen LogP contribution in [0.1, 0.15) is 22.3 Å². The van der Waals surface area contributed by atoms with Gasteiger partial charge >= 0.3 is 6.18 Å². The van der Waals surface area contributed by atoms with Gasteiger partial charge in [-0.25, -0.2) is 0 Å². The van der Waals surface area contributed by atoms with Crippen LogP contribution in [0.2, 0.25) is 0 Å². The maximum Gasteiger partial charge on any atom is 0.416 e. The first-order valence-electron chi connectivity index (χ1n) is 6.78. The van der Waals surface area contributed by atoms with Gasteiger partial charge in [-0.05, 0) is 38.2 Å². The summed E-state index contributed by atoms with van der Waals surface area (Å²) in [5.41, 5.74) is -1.03. The van der Waals surface area contributed by atoms with Crippen LogP contribution in [-0.2, 0) is 6.18 Å². The fourth-order valence-corrected chi connectivity index (χ4v) is 1.72. The number of carbonyl (C=O) groups is 1. The molecule has 8 heteroatoms. The number of halogens is 4. The lowest BCUT2D eigenvalue weighted by Crippen LogP contribution is -2.27. The number of nitrogens with one attached hydrogen (secondary N) is 2. The van der Waals surface area contributed by atoms with Gasteiger partial charge in [-0.15, -0.1) is 12.4 Å². The highest BCUT2D eigenvalue weighted by Crippen LogP contribution is 2.32. The third-order valence-electron chi connectivity index (χ3n) is 2.80. The van der Waals surface area contributed by atoms with Gasteiger partial charge in [0, 0.05) is 6.54 Å². The topological polar surface area (TPSA) is 50.4 Å². The molecule has 0 aliphatic heterocycles. The van der Waals surface area contributed by atoms with Crippen molar-refractivity contribution in [1.82, 2.24) is 10.6 Å². The minimum absolute atomic E-state index is 0. The molecule has 4 nitrogen and oxygen atoms in total. The van der Waals surface area contributed by atoms with Crippen LogP contribution in [0.25, 0.3) is 0 Å². The molecule has 23 heavy (non-hydrogen) atoms. The molecule has 0 radical (unpaired) electrons. The Bertz CT molecular complexity index is 522. The number of carbonyl (C=O) groups excluding carboxylic acids is 1. The summed E-state index contributed by atoms with van der Waals surface area (Å²) >= 11 is 0. The van der Waals surface area contributed by atoms with E-state index in [1.807, 2.05) is 0 Å². The van der Waals surface area contributed by atoms with Crippen molar-refractivity contribution in [2.45, 2.75) is 12.6 Å². The van der Waals surface area contributed by atoms with E-state index in [4.69, 9.17) is 4.74 Å². The van der Waals surface area contributed by atoms with E-state index < -0.39 is 17.6 Å². The summed E-state index contributed by atoms with van der Waals surface area (Å²) in [7, 11) is 1.77. The molecule has 0 saturated heterocycles. The van der Waals surface area contributed by atoms with E-state index in [1.54, 1.807) is 7.05 Å². The van der Waals surface area contributed by atoms with Crippen molar-refractivity contribution < 1.29 is 22.7 Å². The summed E-state index contributed by atoms with van der Waals surface area (Å²) in [5.74, 6) is -0.500. The van der Waals surface area contributed by atoms with Crippen molar-refractivity contribution in [3.8, 4) is 5.75 Å². The van der Waals surface area contributed by atoms with Crippen molar-refractivity contribution in [2.24, 2.45) is 0 Å². The zero-order valence-corrected chi connectivity index (χ0v) is 13.5. The summed E-state index contributed by atoms with van der Waals surface area (Å²) in [4.78, 5) is 12.1. The Labute approximate surface area is 139 Å². The van der Waals surface area contributed by atoms with Crippen molar-refractivity contribution in [1.29, 1.82) is 0 Å². The van der Waals surface area contributed by atoms with Gasteiger partial charge in [0.05, 0.1) is 11.1 Å². The van der Waals surface area contributed by atoms with Gasteiger partial charge in [0.25, 0.3) is 5.91 Å². The highest BCUT2D eigenvalue weighted by atomic mass is 35.5. The third-order valence-corrected chi connectivity index (χ3v) is 2.80. The lowest BCUT2D eigenvalue weighted by atomic mass is 10.1. The van der Waals surface area contributed by atoms with Crippen LogP contribution in [0, 0.1) is 0 Å². The molecule has 0 aliphatic rings. The van der Waals surface area contributed by atoms with Crippen molar-refractivity contribution in [3.63, 3.8) is 0 Å². The molecule has 0 heterocycles. The lowest BCUT2D eigenvalue weighted by Gasteiger charge is -2.14. The molecule has 0 bridgehead atoms. The second-order valence-electron chi connectivity index (χ2n) is 4.52. The first-order valence-corrected chi connectivity index (χ1v) is 6.78. The molecule has 1 amide bonds. The van der Waals surface area contributed by atoms with E-state index in [1.165, 1.54) is 6.08 Å². The number of rotatable bonds is 8. The Morgan fingerprint density at radius 3 is 2.61 bits per heavy atom. The number of benzene rings is 1. The van der Waals surface area contributed by atoms with E-state index >= 15 is 0 Å². The first-order chi connectivity index (χ1) is 10.4. The van der Waals surface area contributed by atoms with Crippen LogP contribution in [0.5, 0.6) is 5.75 Å². The summed E-state index contributed by atoms with van der Waals surface area (Å²) in [6, 6.07) is 2.83. The minimum atomic E-state index is -4.52. The average molecular weight is 353 g/mol. The van der Waals surface area contributed by atoms with Crippen LogP contribution < -0.4 is 15.4 Å².